The van der Waals surface area contributed by atoms with Crippen LogP contribution in [-0.4, -0.2) is 8.32 Å². The summed E-state index contributed by atoms with van der Waals surface area (Å²) in [6.45, 7) is 10.8. The molecule has 1 nitrogen and oxygen atoms in total. The van der Waals surface area contributed by atoms with E-state index in [4.69, 9.17) is 4.43 Å². The highest BCUT2D eigenvalue weighted by Gasteiger charge is 2.30. The van der Waals surface area contributed by atoms with E-state index in [0.717, 1.165) is 11.7 Å². The molecule has 1 aliphatic carbocycles. The van der Waals surface area contributed by atoms with Gasteiger partial charge in [0.05, 0.1) is 5.76 Å². The molecule has 0 bridgehead atoms. The number of hydrogen-bond donors (Lipinski definition) is 0. The van der Waals surface area contributed by atoms with Crippen molar-refractivity contribution in [3.63, 3.8) is 0 Å². The van der Waals surface area contributed by atoms with Crippen molar-refractivity contribution < 1.29 is 4.43 Å². The molecule has 1 saturated carbocycles. The summed E-state index contributed by atoms with van der Waals surface area (Å²) in [5.41, 5.74) is 0. The average Bonchev–Trinajstić information content (AvgIpc) is 3.07. The van der Waals surface area contributed by atoms with E-state index < -0.39 is 8.32 Å². The summed E-state index contributed by atoms with van der Waals surface area (Å²) in [7, 11) is -1.48. The van der Waals surface area contributed by atoms with Crippen LogP contribution in [0.15, 0.2) is 24.5 Å². The Morgan fingerprint density at radius 1 is 1.27 bits per heavy atom. The Morgan fingerprint density at radius 2 is 1.80 bits per heavy atom. The van der Waals surface area contributed by atoms with E-state index >= 15 is 0 Å². The van der Waals surface area contributed by atoms with Crippen molar-refractivity contribution in [1.82, 2.24) is 0 Å². The lowest BCUT2D eigenvalue weighted by molar-refractivity contribution is 0.424. The second-order valence-electron chi connectivity index (χ2n) is 4.51. The summed E-state index contributed by atoms with van der Waals surface area (Å²) in [5, 5.41) is 0. The summed E-state index contributed by atoms with van der Waals surface area (Å²) in [6, 6.07) is 3.57. The Morgan fingerprint density at radius 3 is 2.20 bits per heavy atom. The van der Waals surface area contributed by atoms with Gasteiger partial charge in [0, 0.05) is 0 Å². The fourth-order valence-corrected chi connectivity index (χ4v) is 4.37. The molecule has 0 spiro atoms. The molecule has 0 atom stereocenters. The summed E-state index contributed by atoms with van der Waals surface area (Å²) in [4.78, 5) is 0. The van der Waals surface area contributed by atoms with Crippen LogP contribution in [-0.2, 0) is 4.43 Å². The highest BCUT2D eigenvalue weighted by atomic mass is 28.4. The maximum absolute atomic E-state index is 6.12. The Bertz CT molecular complexity index is 229. The molecule has 0 saturated heterocycles. The Balaban J connectivity index is 2.45. The predicted octanol–water partition coefficient (Wildman–Crippen LogP) is 4.49. The fourth-order valence-electron chi connectivity index (χ4n) is 1.81. The molecule has 1 aliphatic rings. The summed E-state index contributed by atoms with van der Waals surface area (Å²) >= 11 is 0. The van der Waals surface area contributed by atoms with Gasteiger partial charge in [-0.3, -0.25) is 0 Å². The molecule has 0 aromatic heterocycles. The molecule has 0 aromatic carbocycles. The first kappa shape index (κ1) is 12.6. The van der Waals surface area contributed by atoms with Gasteiger partial charge in [-0.05, 0) is 43.0 Å². The molecule has 0 N–H and O–H groups in total. The third-order valence-electron chi connectivity index (χ3n) is 3.46. The molecule has 15 heavy (non-hydrogen) atoms. The van der Waals surface area contributed by atoms with Crippen LogP contribution in [0.4, 0.5) is 0 Å². The highest BCUT2D eigenvalue weighted by Crippen LogP contribution is 2.31. The second kappa shape index (κ2) is 5.55. The SMILES string of the molecule is C=C(C=CC1CC1)O[Si](CC)(CC)CC. The molecule has 0 aromatic rings. The van der Waals surface area contributed by atoms with E-state index in [9.17, 15) is 0 Å². The van der Waals surface area contributed by atoms with Gasteiger partial charge < -0.3 is 4.43 Å². The predicted molar refractivity (Wildman–Crippen MR) is 69.3 cm³/mol. The maximum atomic E-state index is 6.12. The minimum atomic E-state index is -1.48. The van der Waals surface area contributed by atoms with Crippen LogP contribution in [0, 0.1) is 5.92 Å². The van der Waals surface area contributed by atoms with E-state index in [0.29, 0.717) is 0 Å². The monoisotopic (exact) mass is 224 g/mol. The minimum Gasteiger partial charge on any atom is -0.544 e. The Labute approximate surface area is 95.4 Å². The molecule has 1 fully saturated rings. The number of hydrogen-bond acceptors (Lipinski definition) is 1. The zero-order valence-electron chi connectivity index (χ0n) is 10.4. The van der Waals surface area contributed by atoms with Crippen molar-refractivity contribution >= 4 is 8.32 Å². The molecule has 0 heterocycles. The summed E-state index contributed by atoms with van der Waals surface area (Å²) in [5.74, 6) is 1.70. The lowest BCUT2D eigenvalue weighted by Crippen LogP contribution is -2.34. The van der Waals surface area contributed by atoms with Crippen molar-refractivity contribution in [2.24, 2.45) is 5.92 Å². The van der Waals surface area contributed by atoms with Crippen molar-refractivity contribution in [3.8, 4) is 0 Å². The number of allylic oxidation sites excluding steroid dienone is 2. The first-order valence-corrected chi connectivity index (χ1v) is 8.75. The molecule has 0 unspecified atom stereocenters. The van der Waals surface area contributed by atoms with Gasteiger partial charge in [0.2, 0.25) is 8.32 Å². The zero-order valence-corrected chi connectivity index (χ0v) is 11.4. The normalized spacial score (nSPS) is 17.0. The molecule has 86 valence electrons. The smallest absolute Gasteiger partial charge is 0.250 e. The van der Waals surface area contributed by atoms with Gasteiger partial charge in [-0.25, -0.2) is 0 Å². The van der Waals surface area contributed by atoms with E-state index in [1.807, 2.05) is 0 Å². The van der Waals surface area contributed by atoms with Crippen LogP contribution in [0.1, 0.15) is 33.6 Å². The van der Waals surface area contributed by atoms with Crippen molar-refractivity contribution in [3.05, 3.63) is 24.5 Å². The van der Waals surface area contributed by atoms with E-state index in [2.05, 4.69) is 39.5 Å². The molecule has 2 heteroatoms. The molecular formula is C13H24OSi. The molecular weight excluding hydrogens is 200 g/mol. The van der Waals surface area contributed by atoms with Gasteiger partial charge in [0.1, 0.15) is 0 Å². The Hall–Kier alpha value is -0.503. The first-order chi connectivity index (χ1) is 7.15. The van der Waals surface area contributed by atoms with Crippen LogP contribution in [0.25, 0.3) is 0 Å². The van der Waals surface area contributed by atoms with Gasteiger partial charge in [0.15, 0.2) is 0 Å². The number of rotatable bonds is 7. The van der Waals surface area contributed by atoms with E-state index in [1.54, 1.807) is 0 Å². The standard InChI is InChI=1S/C13H24OSi/c1-5-15(6-2,7-3)14-12(4)8-9-13-10-11-13/h8-9,13H,4-7,10-11H2,1-3H3. The second-order valence-corrected chi connectivity index (χ2v) is 9.20. The van der Waals surface area contributed by atoms with Crippen LogP contribution in [0.2, 0.25) is 18.1 Å². The third kappa shape index (κ3) is 3.86. The third-order valence-corrected chi connectivity index (χ3v) is 8.02. The topological polar surface area (TPSA) is 9.23 Å². The van der Waals surface area contributed by atoms with Gasteiger partial charge in [-0.2, -0.15) is 0 Å². The summed E-state index contributed by atoms with van der Waals surface area (Å²) < 4.78 is 6.12. The molecule has 1 rings (SSSR count). The lowest BCUT2D eigenvalue weighted by Gasteiger charge is -2.29. The van der Waals surface area contributed by atoms with Crippen LogP contribution >= 0.6 is 0 Å². The summed E-state index contributed by atoms with van der Waals surface area (Å²) in [6.07, 6.45) is 7.03. The van der Waals surface area contributed by atoms with Crippen LogP contribution in [0.5, 0.6) is 0 Å². The van der Waals surface area contributed by atoms with Gasteiger partial charge in [-0.1, -0.05) is 33.4 Å². The largest absolute Gasteiger partial charge is 0.544 e. The van der Waals surface area contributed by atoms with Crippen molar-refractivity contribution in [1.29, 1.82) is 0 Å². The maximum Gasteiger partial charge on any atom is 0.250 e. The first-order valence-electron chi connectivity index (χ1n) is 6.22. The molecule has 0 radical (unpaired) electrons. The minimum absolute atomic E-state index is 0.811. The van der Waals surface area contributed by atoms with Gasteiger partial charge >= 0.3 is 0 Å². The Kier molecular flexibility index (Phi) is 4.65. The van der Waals surface area contributed by atoms with Crippen molar-refractivity contribution in [2.75, 3.05) is 0 Å². The molecule has 0 aliphatic heterocycles. The average molecular weight is 224 g/mol. The van der Waals surface area contributed by atoms with E-state index in [-0.39, 0.29) is 0 Å². The van der Waals surface area contributed by atoms with Crippen LogP contribution < -0.4 is 0 Å². The quantitative estimate of drug-likeness (QED) is 0.352. The fraction of sp³-hybridized carbons (Fsp3) is 0.692. The van der Waals surface area contributed by atoms with Crippen LogP contribution in [0.3, 0.4) is 0 Å². The van der Waals surface area contributed by atoms with E-state index in [1.165, 1.54) is 31.0 Å². The van der Waals surface area contributed by atoms with Crippen molar-refractivity contribution in [2.45, 2.75) is 51.7 Å². The lowest BCUT2D eigenvalue weighted by atomic mass is 10.3. The molecule has 0 amide bonds. The highest BCUT2D eigenvalue weighted by molar-refractivity contribution is 6.73. The van der Waals surface area contributed by atoms with Gasteiger partial charge in [0.25, 0.3) is 0 Å². The zero-order chi connectivity index (χ0) is 11.3. The van der Waals surface area contributed by atoms with Gasteiger partial charge in [-0.15, -0.1) is 0 Å².